The van der Waals surface area contributed by atoms with Crippen molar-refractivity contribution in [3.8, 4) is 0 Å². The van der Waals surface area contributed by atoms with E-state index in [1.54, 1.807) is 7.05 Å². The minimum Gasteiger partial charge on any atom is -0.399 e. The van der Waals surface area contributed by atoms with E-state index in [-0.39, 0.29) is 5.69 Å². The summed E-state index contributed by atoms with van der Waals surface area (Å²) in [5, 5.41) is 13.8. The molecule has 1 fully saturated rings. The zero-order chi connectivity index (χ0) is 15.1. The lowest BCUT2D eigenvalue weighted by Crippen LogP contribution is -2.41. The van der Waals surface area contributed by atoms with Gasteiger partial charge in [-0.05, 0) is 27.7 Å². The van der Waals surface area contributed by atoms with Gasteiger partial charge in [-0.2, -0.15) is 0 Å². The van der Waals surface area contributed by atoms with Crippen LogP contribution in [-0.4, -0.2) is 35.3 Å². The fourth-order valence-corrected chi connectivity index (χ4v) is 1.93. The molecular formula is C12H18BN3O4. The average molecular weight is 279 g/mol. The van der Waals surface area contributed by atoms with E-state index < -0.39 is 23.2 Å². The van der Waals surface area contributed by atoms with E-state index in [1.807, 2.05) is 27.7 Å². The maximum atomic E-state index is 10.9. The summed E-state index contributed by atoms with van der Waals surface area (Å²) in [7, 11) is 1.01. The molecule has 1 aliphatic heterocycles. The summed E-state index contributed by atoms with van der Waals surface area (Å²) >= 11 is 0. The van der Waals surface area contributed by atoms with E-state index in [4.69, 9.17) is 9.31 Å². The lowest BCUT2D eigenvalue weighted by molar-refractivity contribution is -0.385. The molecule has 0 spiro atoms. The Hall–Kier alpha value is -1.67. The van der Waals surface area contributed by atoms with Crippen molar-refractivity contribution in [1.29, 1.82) is 0 Å². The normalized spacial score (nSPS) is 19.9. The predicted molar refractivity (Wildman–Crippen MR) is 76.2 cm³/mol. The zero-order valence-corrected chi connectivity index (χ0v) is 12.3. The SMILES string of the molecule is CNc1ncc([N+](=O)[O-])cc1B1OC(C)(C)C(C)(C)O1. The molecule has 0 saturated carbocycles. The van der Waals surface area contributed by atoms with Gasteiger partial charge in [0.25, 0.3) is 5.69 Å². The number of pyridine rings is 1. The standard InChI is InChI=1S/C12H18BN3O4/c1-11(2)12(3,4)20-13(19-11)9-6-8(16(17)18)7-15-10(9)14-5/h6-7H,1-5H3,(H,14,15). The van der Waals surface area contributed by atoms with Crippen molar-refractivity contribution in [3.05, 3.63) is 22.4 Å². The van der Waals surface area contributed by atoms with Crippen LogP contribution in [-0.2, 0) is 9.31 Å². The average Bonchev–Trinajstić information content (AvgIpc) is 2.57. The minimum atomic E-state index is -0.685. The highest BCUT2D eigenvalue weighted by Gasteiger charge is 2.52. The Morgan fingerprint density at radius 1 is 1.30 bits per heavy atom. The van der Waals surface area contributed by atoms with Crippen LogP contribution in [0.25, 0.3) is 0 Å². The largest absolute Gasteiger partial charge is 0.498 e. The summed E-state index contributed by atoms with van der Waals surface area (Å²) in [5.74, 6) is 0.508. The first-order chi connectivity index (χ1) is 9.18. The van der Waals surface area contributed by atoms with E-state index in [9.17, 15) is 10.1 Å². The second kappa shape index (κ2) is 4.71. The molecular weight excluding hydrogens is 261 g/mol. The van der Waals surface area contributed by atoms with Crippen LogP contribution in [0.1, 0.15) is 27.7 Å². The number of nitro groups is 1. The van der Waals surface area contributed by atoms with Gasteiger partial charge in [-0.1, -0.05) is 0 Å². The maximum Gasteiger partial charge on any atom is 0.498 e. The van der Waals surface area contributed by atoms with Gasteiger partial charge in [-0.3, -0.25) is 10.1 Å². The Morgan fingerprint density at radius 3 is 2.30 bits per heavy atom. The molecule has 108 valence electrons. The molecule has 1 aromatic heterocycles. The van der Waals surface area contributed by atoms with Gasteiger partial charge in [0.15, 0.2) is 0 Å². The highest BCUT2D eigenvalue weighted by molar-refractivity contribution is 6.63. The number of nitrogens with one attached hydrogen (secondary N) is 1. The summed E-state index contributed by atoms with van der Waals surface area (Å²) in [6.07, 6.45) is 1.21. The van der Waals surface area contributed by atoms with E-state index in [0.717, 1.165) is 0 Å². The fourth-order valence-electron chi connectivity index (χ4n) is 1.93. The monoisotopic (exact) mass is 279 g/mol. The van der Waals surface area contributed by atoms with Crippen molar-refractivity contribution >= 4 is 24.1 Å². The fraction of sp³-hybridized carbons (Fsp3) is 0.583. The van der Waals surface area contributed by atoms with Crippen molar-refractivity contribution in [3.63, 3.8) is 0 Å². The van der Waals surface area contributed by atoms with Gasteiger partial charge >= 0.3 is 7.12 Å². The molecule has 7 nitrogen and oxygen atoms in total. The summed E-state index contributed by atoms with van der Waals surface area (Å²) in [6, 6.07) is 1.43. The zero-order valence-electron chi connectivity index (χ0n) is 12.3. The quantitative estimate of drug-likeness (QED) is 0.510. The summed E-state index contributed by atoms with van der Waals surface area (Å²) < 4.78 is 11.8. The van der Waals surface area contributed by atoms with Crippen LogP contribution in [0.15, 0.2) is 12.3 Å². The predicted octanol–water partition coefficient (Wildman–Crippen LogP) is 1.33. The molecule has 0 unspecified atom stereocenters. The first-order valence-corrected chi connectivity index (χ1v) is 6.35. The van der Waals surface area contributed by atoms with Crippen molar-refractivity contribution < 1.29 is 14.2 Å². The molecule has 1 aliphatic rings. The molecule has 1 saturated heterocycles. The summed E-state index contributed by atoms with van der Waals surface area (Å²) in [4.78, 5) is 14.4. The molecule has 0 radical (unpaired) electrons. The van der Waals surface area contributed by atoms with Gasteiger partial charge in [-0.25, -0.2) is 4.98 Å². The van der Waals surface area contributed by atoms with Gasteiger partial charge in [-0.15, -0.1) is 0 Å². The molecule has 0 atom stereocenters. The summed E-state index contributed by atoms with van der Waals surface area (Å²) in [5.41, 5.74) is -0.574. The lowest BCUT2D eigenvalue weighted by Gasteiger charge is -2.32. The Labute approximate surface area is 118 Å². The topological polar surface area (TPSA) is 86.5 Å². The van der Waals surface area contributed by atoms with Gasteiger partial charge in [0.1, 0.15) is 12.0 Å². The number of rotatable bonds is 3. The van der Waals surface area contributed by atoms with Crippen LogP contribution in [0.2, 0.25) is 0 Å². The molecule has 0 bridgehead atoms. The molecule has 0 aromatic carbocycles. The first-order valence-electron chi connectivity index (χ1n) is 6.35. The number of anilines is 1. The first kappa shape index (κ1) is 14.7. The van der Waals surface area contributed by atoms with Crippen molar-refractivity contribution in [2.45, 2.75) is 38.9 Å². The van der Waals surface area contributed by atoms with Gasteiger partial charge in [0, 0.05) is 18.6 Å². The third-order valence-electron chi connectivity index (χ3n) is 3.86. The Morgan fingerprint density at radius 2 is 1.85 bits per heavy atom. The number of hydrogen-bond donors (Lipinski definition) is 1. The number of aromatic nitrogens is 1. The number of hydrogen-bond acceptors (Lipinski definition) is 6. The second-order valence-electron chi connectivity index (χ2n) is 5.73. The Balaban J connectivity index is 2.43. The Kier molecular flexibility index (Phi) is 3.47. The molecule has 2 rings (SSSR count). The minimum absolute atomic E-state index is 0.0892. The van der Waals surface area contributed by atoms with Crippen LogP contribution >= 0.6 is 0 Å². The van der Waals surface area contributed by atoms with Crippen LogP contribution in [0, 0.1) is 10.1 Å². The third kappa shape index (κ3) is 2.36. The van der Waals surface area contributed by atoms with E-state index in [2.05, 4.69) is 10.3 Å². The van der Waals surface area contributed by atoms with Crippen molar-refractivity contribution in [2.75, 3.05) is 12.4 Å². The molecule has 8 heteroatoms. The van der Waals surface area contributed by atoms with E-state index in [0.29, 0.717) is 11.3 Å². The van der Waals surface area contributed by atoms with E-state index >= 15 is 0 Å². The van der Waals surface area contributed by atoms with Gasteiger partial charge < -0.3 is 14.6 Å². The van der Waals surface area contributed by atoms with Gasteiger partial charge in [0.2, 0.25) is 0 Å². The third-order valence-corrected chi connectivity index (χ3v) is 3.86. The second-order valence-corrected chi connectivity index (χ2v) is 5.73. The Bertz CT molecular complexity index is 532. The molecule has 1 aromatic rings. The highest BCUT2D eigenvalue weighted by Crippen LogP contribution is 2.37. The highest BCUT2D eigenvalue weighted by atomic mass is 16.7. The van der Waals surface area contributed by atoms with Crippen LogP contribution in [0.5, 0.6) is 0 Å². The number of nitrogens with zero attached hydrogens (tertiary/aromatic N) is 2. The van der Waals surface area contributed by atoms with Gasteiger partial charge in [0.05, 0.1) is 16.1 Å². The molecule has 0 aliphatic carbocycles. The van der Waals surface area contributed by atoms with Crippen molar-refractivity contribution in [1.82, 2.24) is 4.98 Å². The maximum absolute atomic E-state index is 10.9. The van der Waals surface area contributed by atoms with Crippen LogP contribution in [0.4, 0.5) is 11.5 Å². The summed E-state index contributed by atoms with van der Waals surface area (Å²) in [6.45, 7) is 7.71. The van der Waals surface area contributed by atoms with Crippen LogP contribution in [0.3, 0.4) is 0 Å². The van der Waals surface area contributed by atoms with Crippen molar-refractivity contribution in [2.24, 2.45) is 0 Å². The molecule has 2 heterocycles. The van der Waals surface area contributed by atoms with E-state index in [1.165, 1.54) is 12.3 Å². The van der Waals surface area contributed by atoms with Crippen LogP contribution < -0.4 is 10.8 Å². The molecule has 0 amide bonds. The molecule has 1 N–H and O–H groups in total. The molecule has 20 heavy (non-hydrogen) atoms. The smallest absolute Gasteiger partial charge is 0.399 e. The lowest BCUT2D eigenvalue weighted by atomic mass is 9.79.